The predicted molar refractivity (Wildman–Crippen MR) is 91.4 cm³/mol. The van der Waals surface area contributed by atoms with Gasteiger partial charge in [0.15, 0.2) is 0 Å². The molecule has 3 heterocycles. The molecule has 1 N–H and O–H groups in total. The Hall–Kier alpha value is -2.95. The van der Waals surface area contributed by atoms with E-state index in [-0.39, 0.29) is 11.8 Å². The number of carbonyl (C=O) groups is 1. The SMILES string of the molecule is CCn1ncnc1CNC(=O)C1CCN(c2ccc(C#N)cn2)CC1. The van der Waals surface area contributed by atoms with Crippen LogP contribution in [0.25, 0.3) is 0 Å². The minimum atomic E-state index is 0.00706. The van der Waals surface area contributed by atoms with Crippen LogP contribution < -0.4 is 10.2 Å². The first-order chi connectivity index (χ1) is 12.2. The van der Waals surface area contributed by atoms with Crippen molar-refractivity contribution in [1.29, 1.82) is 5.26 Å². The zero-order valence-electron chi connectivity index (χ0n) is 14.2. The number of nitrogens with one attached hydrogen (secondary N) is 1. The van der Waals surface area contributed by atoms with Gasteiger partial charge < -0.3 is 10.2 Å². The molecule has 130 valence electrons. The summed E-state index contributed by atoms with van der Waals surface area (Å²) in [7, 11) is 0. The van der Waals surface area contributed by atoms with Crippen molar-refractivity contribution in [2.45, 2.75) is 32.9 Å². The van der Waals surface area contributed by atoms with Crippen LogP contribution in [0.2, 0.25) is 0 Å². The van der Waals surface area contributed by atoms with Crippen LogP contribution in [0.1, 0.15) is 31.2 Å². The Bertz CT molecular complexity index is 754. The average Bonchev–Trinajstić information content (AvgIpc) is 3.14. The van der Waals surface area contributed by atoms with Gasteiger partial charge in [-0.25, -0.2) is 14.6 Å². The van der Waals surface area contributed by atoms with Crippen molar-refractivity contribution in [3.05, 3.63) is 36.0 Å². The standard InChI is InChI=1S/C17H21N7O/c1-2-24-16(21-12-22-24)11-20-17(25)14-5-7-23(8-6-14)15-4-3-13(9-18)10-19-15/h3-4,10,12,14H,2,5-8,11H2,1H3,(H,20,25). The largest absolute Gasteiger partial charge is 0.357 e. The molecule has 2 aromatic rings. The Kier molecular flexibility index (Phi) is 5.23. The molecule has 8 heteroatoms. The van der Waals surface area contributed by atoms with Crippen LogP contribution >= 0.6 is 0 Å². The van der Waals surface area contributed by atoms with Crippen LogP contribution in [-0.2, 0) is 17.9 Å². The quantitative estimate of drug-likeness (QED) is 0.875. The number of nitriles is 1. The number of carbonyl (C=O) groups excluding carboxylic acids is 1. The number of amides is 1. The lowest BCUT2D eigenvalue weighted by molar-refractivity contribution is -0.125. The van der Waals surface area contributed by atoms with Crippen LogP contribution in [0.3, 0.4) is 0 Å². The highest BCUT2D eigenvalue weighted by molar-refractivity contribution is 5.78. The molecule has 1 aliphatic heterocycles. The van der Waals surface area contributed by atoms with E-state index in [4.69, 9.17) is 5.26 Å². The van der Waals surface area contributed by atoms with Crippen molar-refractivity contribution in [2.24, 2.45) is 5.92 Å². The van der Waals surface area contributed by atoms with Crippen molar-refractivity contribution in [3.8, 4) is 6.07 Å². The number of hydrogen-bond acceptors (Lipinski definition) is 6. The van der Waals surface area contributed by atoms with Crippen molar-refractivity contribution in [2.75, 3.05) is 18.0 Å². The molecule has 1 aliphatic rings. The molecular weight excluding hydrogens is 318 g/mol. The first-order valence-corrected chi connectivity index (χ1v) is 8.46. The van der Waals surface area contributed by atoms with Gasteiger partial charge in [-0.2, -0.15) is 10.4 Å². The normalized spacial score (nSPS) is 15.0. The third-order valence-electron chi connectivity index (χ3n) is 4.48. The summed E-state index contributed by atoms with van der Waals surface area (Å²) in [6.45, 7) is 4.70. The van der Waals surface area contributed by atoms with Crippen molar-refractivity contribution < 1.29 is 4.79 Å². The summed E-state index contributed by atoms with van der Waals surface area (Å²) in [6.07, 6.45) is 4.66. The summed E-state index contributed by atoms with van der Waals surface area (Å²) < 4.78 is 1.78. The number of nitrogens with zero attached hydrogens (tertiary/aromatic N) is 6. The first-order valence-electron chi connectivity index (χ1n) is 8.46. The van der Waals surface area contributed by atoms with Crippen molar-refractivity contribution in [3.63, 3.8) is 0 Å². The molecule has 1 saturated heterocycles. The van der Waals surface area contributed by atoms with E-state index in [1.54, 1.807) is 16.9 Å². The first kappa shape index (κ1) is 16.9. The number of aryl methyl sites for hydroxylation is 1. The molecule has 0 radical (unpaired) electrons. The van der Waals surface area contributed by atoms with Crippen molar-refractivity contribution >= 4 is 11.7 Å². The van der Waals surface area contributed by atoms with Gasteiger partial charge in [-0.05, 0) is 31.9 Å². The zero-order chi connectivity index (χ0) is 17.6. The number of hydrogen-bond donors (Lipinski definition) is 1. The molecule has 0 saturated carbocycles. The molecule has 25 heavy (non-hydrogen) atoms. The fraction of sp³-hybridized carbons (Fsp3) is 0.471. The van der Waals surface area contributed by atoms with E-state index in [0.29, 0.717) is 12.1 Å². The van der Waals surface area contributed by atoms with Gasteiger partial charge in [0.05, 0.1) is 12.1 Å². The smallest absolute Gasteiger partial charge is 0.223 e. The maximum Gasteiger partial charge on any atom is 0.223 e. The molecule has 1 amide bonds. The zero-order valence-corrected chi connectivity index (χ0v) is 14.2. The summed E-state index contributed by atoms with van der Waals surface area (Å²) in [4.78, 5) is 23.0. The highest BCUT2D eigenvalue weighted by atomic mass is 16.1. The van der Waals surface area contributed by atoms with Gasteiger partial charge in [0.25, 0.3) is 0 Å². The Morgan fingerprint density at radius 2 is 2.16 bits per heavy atom. The van der Waals surface area contributed by atoms with Gasteiger partial charge in [-0.3, -0.25) is 4.79 Å². The molecule has 0 aromatic carbocycles. The second-order valence-electron chi connectivity index (χ2n) is 5.99. The molecule has 0 unspecified atom stereocenters. The molecule has 0 spiro atoms. The number of piperidine rings is 1. The monoisotopic (exact) mass is 339 g/mol. The maximum atomic E-state index is 12.4. The van der Waals surface area contributed by atoms with Gasteiger partial charge in [0, 0.05) is 31.7 Å². The fourth-order valence-corrected chi connectivity index (χ4v) is 3.01. The number of anilines is 1. The minimum absolute atomic E-state index is 0.00706. The Morgan fingerprint density at radius 1 is 1.36 bits per heavy atom. The second-order valence-corrected chi connectivity index (χ2v) is 5.99. The highest BCUT2D eigenvalue weighted by Gasteiger charge is 2.25. The van der Waals surface area contributed by atoms with Gasteiger partial charge >= 0.3 is 0 Å². The second kappa shape index (κ2) is 7.75. The minimum Gasteiger partial charge on any atom is -0.357 e. The van der Waals surface area contributed by atoms with Crippen LogP contribution in [0, 0.1) is 17.2 Å². The number of aromatic nitrogens is 4. The number of pyridine rings is 1. The van der Waals surface area contributed by atoms with Gasteiger partial charge in [-0.15, -0.1) is 0 Å². The Balaban J connectivity index is 1.49. The molecule has 3 rings (SSSR count). The lowest BCUT2D eigenvalue weighted by Crippen LogP contribution is -2.40. The molecule has 0 aliphatic carbocycles. The molecule has 8 nitrogen and oxygen atoms in total. The topological polar surface area (TPSA) is 99.7 Å². The highest BCUT2D eigenvalue weighted by Crippen LogP contribution is 2.22. The summed E-state index contributed by atoms with van der Waals surface area (Å²) >= 11 is 0. The van der Waals surface area contributed by atoms with E-state index in [2.05, 4.69) is 31.4 Å². The Morgan fingerprint density at radius 3 is 2.80 bits per heavy atom. The van der Waals surface area contributed by atoms with E-state index in [9.17, 15) is 4.79 Å². The van der Waals surface area contributed by atoms with E-state index in [1.807, 2.05) is 13.0 Å². The van der Waals surface area contributed by atoms with Gasteiger partial charge in [0.1, 0.15) is 24.0 Å². The third-order valence-corrected chi connectivity index (χ3v) is 4.48. The molecule has 2 aromatic heterocycles. The van der Waals surface area contributed by atoms with Crippen LogP contribution in [-0.4, -0.2) is 38.7 Å². The van der Waals surface area contributed by atoms with E-state index in [1.165, 1.54) is 6.33 Å². The summed E-state index contributed by atoms with van der Waals surface area (Å²) in [6, 6.07) is 5.69. The maximum absolute atomic E-state index is 12.4. The molecule has 0 bridgehead atoms. The van der Waals surface area contributed by atoms with Crippen molar-refractivity contribution in [1.82, 2.24) is 25.1 Å². The third kappa shape index (κ3) is 3.94. The molecule has 0 atom stereocenters. The van der Waals surface area contributed by atoms with Gasteiger partial charge in [-0.1, -0.05) is 0 Å². The number of rotatable bonds is 5. The van der Waals surface area contributed by atoms with E-state index in [0.717, 1.165) is 44.1 Å². The fourth-order valence-electron chi connectivity index (χ4n) is 3.01. The molecular formula is C17H21N7O. The lowest BCUT2D eigenvalue weighted by atomic mass is 9.96. The summed E-state index contributed by atoms with van der Waals surface area (Å²) in [5, 5.41) is 15.9. The van der Waals surface area contributed by atoms with Crippen LogP contribution in [0.4, 0.5) is 5.82 Å². The van der Waals surface area contributed by atoms with Crippen LogP contribution in [0.15, 0.2) is 24.7 Å². The van der Waals surface area contributed by atoms with E-state index < -0.39 is 0 Å². The summed E-state index contributed by atoms with van der Waals surface area (Å²) in [5.41, 5.74) is 0.554. The van der Waals surface area contributed by atoms with Crippen LogP contribution in [0.5, 0.6) is 0 Å². The summed E-state index contributed by atoms with van der Waals surface area (Å²) in [5.74, 6) is 1.70. The predicted octanol–water partition coefficient (Wildman–Crippen LogP) is 1.10. The average molecular weight is 339 g/mol. The van der Waals surface area contributed by atoms with Gasteiger partial charge in [0.2, 0.25) is 5.91 Å². The lowest BCUT2D eigenvalue weighted by Gasteiger charge is -2.32. The van der Waals surface area contributed by atoms with E-state index >= 15 is 0 Å². The Labute approximate surface area is 146 Å². The molecule has 1 fully saturated rings.